The normalized spacial score (nSPS) is 15.5. The van der Waals surface area contributed by atoms with Crippen molar-refractivity contribution in [2.75, 3.05) is 11.1 Å². The summed E-state index contributed by atoms with van der Waals surface area (Å²) < 4.78 is 18.4. The fourth-order valence-electron chi connectivity index (χ4n) is 2.63. The van der Waals surface area contributed by atoms with E-state index in [2.05, 4.69) is 15.5 Å². The number of carbonyl (C=O) groups is 1. The van der Waals surface area contributed by atoms with E-state index in [0.717, 1.165) is 17.7 Å². The third-order valence-corrected chi connectivity index (χ3v) is 4.84. The molecule has 7 heteroatoms. The zero-order chi connectivity index (χ0) is 16.1. The molecule has 0 bridgehead atoms. The third-order valence-electron chi connectivity index (χ3n) is 3.82. The molecule has 2 aromatic rings. The minimum atomic E-state index is -0.292. The predicted molar refractivity (Wildman–Crippen MR) is 85.9 cm³/mol. The Morgan fingerprint density at radius 1 is 1.22 bits per heavy atom. The van der Waals surface area contributed by atoms with Gasteiger partial charge in [0.25, 0.3) is 0 Å². The summed E-state index contributed by atoms with van der Waals surface area (Å²) in [5.41, 5.74) is 0. The number of hydrogen-bond acceptors (Lipinski definition) is 5. The molecule has 1 aliphatic rings. The van der Waals surface area contributed by atoms with Crippen molar-refractivity contribution in [2.24, 2.45) is 0 Å². The van der Waals surface area contributed by atoms with Gasteiger partial charge in [-0.2, -0.15) is 0 Å². The quantitative estimate of drug-likeness (QED) is 0.837. The van der Waals surface area contributed by atoms with Gasteiger partial charge in [-0.15, -0.1) is 16.9 Å². The summed E-state index contributed by atoms with van der Waals surface area (Å²) in [7, 11) is 0. The Morgan fingerprint density at radius 2 is 1.96 bits per heavy atom. The van der Waals surface area contributed by atoms with Gasteiger partial charge in [-0.05, 0) is 37.1 Å². The van der Waals surface area contributed by atoms with E-state index in [-0.39, 0.29) is 23.5 Å². The average Bonchev–Trinajstić information content (AvgIpc) is 3.04. The summed E-state index contributed by atoms with van der Waals surface area (Å²) in [5.74, 6) is 0.618. The summed E-state index contributed by atoms with van der Waals surface area (Å²) in [6.07, 6.45) is 5.76. The predicted octanol–water partition coefficient (Wildman–Crippen LogP) is 3.99. The molecular formula is C16H18FN3O2S. The minimum Gasteiger partial charge on any atom is -0.408 e. The summed E-state index contributed by atoms with van der Waals surface area (Å²) in [6.45, 7) is 0. The van der Waals surface area contributed by atoms with Gasteiger partial charge in [0.05, 0.1) is 5.75 Å². The van der Waals surface area contributed by atoms with E-state index >= 15 is 0 Å². The van der Waals surface area contributed by atoms with Crippen LogP contribution in [-0.4, -0.2) is 21.9 Å². The van der Waals surface area contributed by atoms with E-state index in [0.29, 0.717) is 11.8 Å². The second kappa shape index (κ2) is 7.59. The molecule has 122 valence electrons. The van der Waals surface area contributed by atoms with E-state index in [1.54, 1.807) is 12.1 Å². The first kappa shape index (κ1) is 16.0. The Hall–Kier alpha value is -1.89. The van der Waals surface area contributed by atoms with Gasteiger partial charge in [-0.1, -0.05) is 24.4 Å². The van der Waals surface area contributed by atoms with Gasteiger partial charge in [0.2, 0.25) is 11.8 Å². The summed E-state index contributed by atoms with van der Waals surface area (Å²) >= 11 is 1.32. The molecule has 0 spiro atoms. The lowest BCUT2D eigenvalue weighted by Gasteiger charge is -2.17. The first-order chi connectivity index (χ1) is 11.2. The fourth-order valence-corrected chi connectivity index (χ4v) is 3.33. The number of nitrogens with zero attached hydrogens (tertiary/aromatic N) is 2. The topological polar surface area (TPSA) is 68.0 Å². The molecule has 1 saturated carbocycles. The second-order valence-corrected chi connectivity index (χ2v) is 6.62. The number of halogens is 1. The number of hydrogen-bond donors (Lipinski definition) is 1. The minimum absolute atomic E-state index is 0.148. The van der Waals surface area contributed by atoms with Crippen LogP contribution in [0.1, 0.15) is 43.9 Å². The maximum Gasteiger partial charge on any atom is 0.322 e. The van der Waals surface area contributed by atoms with Gasteiger partial charge in [-0.3, -0.25) is 10.1 Å². The Bertz CT molecular complexity index is 654. The highest BCUT2D eigenvalue weighted by atomic mass is 32.2. The van der Waals surface area contributed by atoms with Crippen molar-refractivity contribution in [1.29, 1.82) is 0 Å². The van der Waals surface area contributed by atoms with Crippen LogP contribution in [0.25, 0.3) is 0 Å². The third kappa shape index (κ3) is 4.54. The van der Waals surface area contributed by atoms with Crippen LogP contribution >= 0.6 is 11.8 Å². The standard InChI is InChI=1S/C16H18FN3O2S/c17-12-6-8-13(9-7-12)23-10-14(21)18-16-20-19-15(22-16)11-4-2-1-3-5-11/h6-9,11H,1-5,10H2,(H,18,20,21). The first-order valence-corrected chi connectivity index (χ1v) is 8.71. The van der Waals surface area contributed by atoms with E-state index in [1.807, 2.05) is 0 Å². The lowest BCUT2D eigenvalue weighted by molar-refractivity contribution is -0.113. The molecule has 23 heavy (non-hydrogen) atoms. The van der Waals surface area contributed by atoms with Crippen LogP contribution in [0, 0.1) is 5.82 Å². The highest BCUT2D eigenvalue weighted by Gasteiger charge is 2.21. The lowest BCUT2D eigenvalue weighted by Crippen LogP contribution is -2.14. The maximum absolute atomic E-state index is 12.8. The zero-order valence-corrected chi connectivity index (χ0v) is 13.4. The summed E-state index contributed by atoms with van der Waals surface area (Å²) in [4.78, 5) is 12.7. The molecule has 1 aromatic carbocycles. The van der Waals surface area contributed by atoms with Gasteiger partial charge in [0.1, 0.15) is 5.82 Å². The number of nitrogens with one attached hydrogen (secondary N) is 1. The van der Waals surface area contributed by atoms with E-state index < -0.39 is 0 Å². The Balaban J connectivity index is 1.49. The van der Waals surface area contributed by atoms with Gasteiger partial charge < -0.3 is 4.42 Å². The highest BCUT2D eigenvalue weighted by molar-refractivity contribution is 8.00. The fraction of sp³-hybridized carbons (Fsp3) is 0.438. The van der Waals surface area contributed by atoms with Crippen LogP contribution in [-0.2, 0) is 4.79 Å². The molecule has 1 aromatic heterocycles. The number of amides is 1. The molecule has 1 fully saturated rings. The Kier molecular flexibility index (Phi) is 5.27. The van der Waals surface area contributed by atoms with Gasteiger partial charge in [0, 0.05) is 10.8 Å². The van der Waals surface area contributed by atoms with Crippen LogP contribution in [0.2, 0.25) is 0 Å². The lowest BCUT2D eigenvalue weighted by atomic mass is 9.89. The van der Waals surface area contributed by atoms with Crippen LogP contribution in [0.4, 0.5) is 10.4 Å². The molecular weight excluding hydrogens is 317 g/mol. The SMILES string of the molecule is O=C(CSc1ccc(F)cc1)Nc1nnc(C2CCCCC2)o1. The molecule has 3 rings (SSSR count). The van der Waals surface area contributed by atoms with Crippen LogP contribution in [0.15, 0.2) is 33.6 Å². The maximum atomic E-state index is 12.8. The van der Waals surface area contributed by atoms with E-state index in [1.165, 1.54) is 43.2 Å². The molecule has 0 aliphatic heterocycles. The van der Waals surface area contributed by atoms with E-state index in [9.17, 15) is 9.18 Å². The number of aromatic nitrogens is 2. The molecule has 1 N–H and O–H groups in total. The number of carbonyl (C=O) groups excluding carboxylic acids is 1. The molecule has 0 atom stereocenters. The average molecular weight is 335 g/mol. The highest BCUT2D eigenvalue weighted by Crippen LogP contribution is 2.32. The number of anilines is 1. The van der Waals surface area contributed by atoms with Crippen molar-refractivity contribution in [3.8, 4) is 0 Å². The van der Waals surface area contributed by atoms with E-state index in [4.69, 9.17) is 4.42 Å². The van der Waals surface area contributed by atoms with Crippen molar-refractivity contribution >= 4 is 23.7 Å². The van der Waals surface area contributed by atoms with Crippen molar-refractivity contribution in [3.05, 3.63) is 36.0 Å². The smallest absolute Gasteiger partial charge is 0.322 e. The van der Waals surface area contributed by atoms with Gasteiger partial charge in [-0.25, -0.2) is 4.39 Å². The Labute approximate surface area is 138 Å². The zero-order valence-electron chi connectivity index (χ0n) is 12.6. The monoisotopic (exact) mass is 335 g/mol. The molecule has 0 radical (unpaired) electrons. The van der Waals surface area contributed by atoms with Gasteiger partial charge in [0.15, 0.2) is 0 Å². The number of thioether (sulfide) groups is 1. The summed E-state index contributed by atoms with van der Waals surface area (Å²) in [6, 6.07) is 6.17. The molecule has 1 amide bonds. The molecule has 0 saturated heterocycles. The largest absolute Gasteiger partial charge is 0.408 e. The van der Waals surface area contributed by atoms with Crippen molar-refractivity contribution < 1.29 is 13.6 Å². The van der Waals surface area contributed by atoms with Crippen molar-refractivity contribution in [1.82, 2.24) is 10.2 Å². The molecule has 1 aliphatic carbocycles. The van der Waals surface area contributed by atoms with Crippen molar-refractivity contribution in [3.63, 3.8) is 0 Å². The van der Waals surface area contributed by atoms with Crippen LogP contribution in [0.5, 0.6) is 0 Å². The molecule has 0 unspecified atom stereocenters. The number of benzene rings is 1. The first-order valence-electron chi connectivity index (χ1n) is 7.72. The second-order valence-electron chi connectivity index (χ2n) is 5.57. The Morgan fingerprint density at radius 3 is 2.70 bits per heavy atom. The van der Waals surface area contributed by atoms with Gasteiger partial charge >= 0.3 is 6.01 Å². The molecule has 5 nitrogen and oxygen atoms in total. The van der Waals surface area contributed by atoms with Crippen LogP contribution in [0.3, 0.4) is 0 Å². The van der Waals surface area contributed by atoms with Crippen LogP contribution < -0.4 is 5.32 Å². The van der Waals surface area contributed by atoms with Crippen molar-refractivity contribution in [2.45, 2.75) is 42.9 Å². The molecule has 1 heterocycles. The summed E-state index contributed by atoms with van der Waals surface area (Å²) in [5, 5.41) is 10.5. The number of rotatable bonds is 5.